The van der Waals surface area contributed by atoms with Gasteiger partial charge in [-0.15, -0.1) is 0 Å². The smallest absolute Gasteiger partial charge is 0.157 e. The predicted molar refractivity (Wildman–Crippen MR) is 101 cm³/mol. The Morgan fingerprint density at radius 1 is 0.680 bits per heavy atom. The average molecular weight is 357 g/mol. The van der Waals surface area contributed by atoms with Crippen LogP contribution in [0.15, 0.2) is 0 Å². The van der Waals surface area contributed by atoms with E-state index in [-0.39, 0.29) is 6.29 Å². The third-order valence-electron chi connectivity index (χ3n) is 5.03. The number of epoxide rings is 2. The molecule has 2 heterocycles. The summed E-state index contributed by atoms with van der Waals surface area (Å²) in [6, 6.07) is 0. The molecule has 2 aliphatic heterocycles. The Kier molecular flexibility index (Phi) is 11.8. The van der Waals surface area contributed by atoms with Crippen LogP contribution in [0.4, 0.5) is 0 Å². The molecule has 148 valence electrons. The summed E-state index contributed by atoms with van der Waals surface area (Å²) in [5, 5.41) is 0. The maximum absolute atomic E-state index is 5.84. The highest BCUT2D eigenvalue weighted by atomic mass is 16.7. The van der Waals surface area contributed by atoms with Crippen LogP contribution in [0, 0.1) is 0 Å². The molecule has 0 aromatic rings. The summed E-state index contributed by atoms with van der Waals surface area (Å²) < 4.78 is 22.1. The summed E-state index contributed by atoms with van der Waals surface area (Å²) in [4.78, 5) is 0. The van der Waals surface area contributed by atoms with E-state index in [1.807, 2.05) is 0 Å². The van der Waals surface area contributed by atoms with Crippen LogP contribution in [0.3, 0.4) is 0 Å². The minimum absolute atomic E-state index is 0.0727. The molecule has 2 unspecified atom stereocenters. The van der Waals surface area contributed by atoms with Crippen LogP contribution in [0.5, 0.6) is 0 Å². The highest BCUT2D eigenvalue weighted by Crippen LogP contribution is 2.18. The van der Waals surface area contributed by atoms with E-state index in [2.05, 4.69) is 6.92 Å². The van der Waals surface area contributed by atoms with Gasteiger partial charge in [-0.3, -0.25) is 0 Å². The Balaban J connectivity index is 1.35. The van der Waals surface area contributed by atoms with Crippen LogP contribution >= 0.6 is 0 Å². The lowest BCUT2D eigenvalue weighted by atomic mass is 10.0. The zero-order chi connectivity index (χ0) is 17.6. The van der Waals surface area contributed by atoms with Crippen LogP contribution < -0.4 is 0 Å². The van der Waals surface area contributed by atoms with E-state index in [4.69, 9.17) is 18.9 Å². The number of ether oxygens (including phenoxy) is 4. The molecule has 0 saturated carbocycles. The molecule has 0 aliphatic carbocycles. The van der Waals surface area contributed by atoms with E-state index in [0.29, 0.717) is 25.4 Å². The summed E-state index contributed by atoms with van der Waals surface area (Å²) in [7, 11) is 0. The summed E-state index contributed by atoms with van der Waals surface area (Å²) in [5.41, 5.74) is 0. The fraction of sp³-hybridized carbons (Fsp3) is 1.00. The van der Waals surface area contributed by atoms with Crippen molar-refractivity contribution < 1.29 is 18.9 Å². The number of hydrogen-bond donors (Lipinski definition) is 0. The summed E-state index contributed by atoms with van der Waals surface area (Å²) >= 11 is 0. The molecule has 0 aromatic heterocycles. The van der Waals surface area contributed by atoms with E-state index in [1.54, 1.807) is 0 Å². The molecule has 25 heavy (non-hydrogen) atoms. The molecule has 0 spiro atoms. The van der Waals surface area contributed by atoms with E-state index >= 15 is 0 Å². The fourth-order valence-corrected chi connectivity index (χ4v) is 3.12. The second-order valence-electron chi connectivity index (χ2n) is 7.68. The fourth-order valence-electron chi connectivity index (χ4n) is 3.12. The molecule has 2 fully saturated rings. The zero-order valence-corrected chi connectivity index (χ0v) is 16.4. The van der Waals surface area contributed by atoms with Crippen LogP contribution in [0.2, 0.25) is 0 Å². The Bertz CT molecular complexity index is 286. The quantitative estimate of drug-likeness (QED) is 0.180. The molecule has 2 rings (SSSR count). The molecule has 4 heteroatoms. The second-order valence-corrected chi connectivity index (χ2v) is 7.68. The Morgan fingerprint density at radius 2 is 1.08 bits per heavy atom. The van der Waals surface area contributed by atoms with Gasteiger partial charge in [0.2, 0.25) is 0 Å². The summed E-state index contributed by atoms with van der Waals surface area (Å²) in [6.45, 7) is 5.32. The van der Waals surface area contributed by atoms with Crippen molar-refractivity contribution in [2.45, 2.75) is 109 Å². The molecule has 0 radical (unpaired) electrons. The van der Waals surface area contributed by atoms with Crippen molar-refractivity contribution >= 4 is 0 Å². The average Bonchev–Trinajstić information content (AvgIpc) is 3.52. The topological polar surface area (TPSA) is 43.5 Å². The second kappa shape index (κ2) is 14.0. The third-order valence-corrected chi connectivity index (χ3v) is 5.03. The zero-order valence-electron chi connectivity index (χ0n) is 16.4. The lowest BCUT2D eigenvalue weighted by molar-refractivity contribution is -0.151. The molecular formula is C21H40O4. The molecule has 2 saturated heterocycles. The molecule has 0 N–H and O–H groups in total. The minimum atomic E-state index is -0.0727. The number of hydrogen-bond acceptors (Lipinski definition) is 4. The van der Waals surface area contributed by atoms with Crippen LogP contribution in [-0.2, 0) is 18.9 Å². The first-order chi connectivity index (χ1) is 12.4. The van der Waals surface area contributed by atoms with Gasteiger partial charge in [-0.2, -0.15) is 0 Å². The van der Waals surface area contributed by atoms with Gasteiger partial charge in [0.15, 0.2) is 6.29 Å². The van der Waals surface area contributed by atoms with Crippen molar-refractivity contribution in [3.8, 4) is 0 Å². The largest absolute Gasteiger partial charge is 0.371 e. The summed E-state index contributed by atoms with van der Waals surface area (Å²) in [5.74, 6) is 0. The number of rotatable bonds is 19. The van der Waals surface area contributed by atoms with Gasteiger partial charge in [0, 0.05) is 0 Å². The predicted octanol–water partition coefficient (Wildman–Crippen LogP) is 5.23. The molecular weight excluding hydrogens is 316 g/mol. The molecule has 0 bridgehead atoms. The maximum Gasteiger partial charge on any atom is 0.157 e. The van der Waals surface area contributed by atoms with Crippen LogP contribution in [-0.4, -0.2) is 44.9 Å². The van der Waals surface area contributed by atoms with Crippen LogP contribution in [0.1, 0.15) is 90.4 Å². The minimum Gasteiger partial charge on any atom is -0.371 e. The molecule has 4 nitrogen and oxygen atoms in total. The van der Waals surface area contributed by atoms with Gasteiger partial charge in [-0.1, -0.05) is 77.6 Å². The van der Waals surface area contributed by atoms with E-state index in [0.717, 1.165) is 19.6 Å². The highest BCUT2D eigenvalue weighted by molar-refractivity contribution is 4.70. The van der Waals surface area contributed by atoms with Gasteiger partial charge in [0.05, 0.1) is 26.4 Å². The van der Waals surface area contributed by atoms with E-state index in [9.17, 15) is 0 Å². The number of unbranched alkanes of at least 4 members (excludes halogenated alkanes) is 11. The van der Waals surface area contributed by atoms with Crippen molar-refractivity contribution in [3.05, 3.63) is 0 Å². The van der Waals surface area contributed by atoms with Crippen molar-refractivity contribution in [2.75, 3.05) is 26.4 Å². The van der Waals surface area contributed by atoms with Crippen molar-refractivity contribution in [2.24, 2.45) is 0 Å². The normalized spacial score (nSPS) is 22.9. The van der Waals surface area contributed by atoms with Gasteiger partial charge >= 0.3 is 0 Å². The highest BCUT2D eigenvalue weighted by Gasteiger charge is 2.27. The van der Waals surface area contributed by atoms with Gasteiger partial charge in [-0.25, -0.2) is 0 Å². The van der Waals surface area contributed by atoms with Crippen molar-refractivity contribution in [1.82, 2.24) is 0 Å². The molecule has 2 aliphatic rings. The van der Waals surface area contributed by atoms with Gasteiger partial charge < -0.3 is 18.9 Å². The SMILES string of the molecule is CCCCCCCCCCCCCCC(OCC1CO1)OCC1CO1. The van der Waals surface area contributed by atoms with E-state index < -0.39 is 0 Å². The maximum atomic E-state index is 5.84. The first-order valence-electron chi connectivity index (χ1n) is 10.8. The van der Waals surface area contributed by atoms with Crippen molar-refractivity contribution in [1.29, 1.82) is 0 Å². The van der Waals surface area contributed by atoms with Gasteiger partial charge in [-0.05, 0) is 12.8 Å². The molecule has 0 amide bonds. The Labute approximate surface area is 154 Å². The summed E-state index contributed by atoms with van der Waals surface area (Å²) in [6.07, 6.45) is 18.1. The standard InChI is InChI=1S/C21H40O4/c1-2-3-4-5-6-7-8-9-10-11-12-13-14-21(24-17-19-15-22-19)25-18-20-16-23-20/h19-21H,2-18H2,1H3. The van der Waals surface area contributed by atoms with Gasteiger partial charge in [0.1, 0.15) is 12.2 Å². The lowest BCUT2D eigenvalue weighted by Crippen LogP contribution is -2.22. The van der Waals surface area contributed by atoms with Gasteiger partial charge in [0.25, 0.3) is 0 Å². The lowest BCUT2D eigenvalue weighted by Gasteiger charge is -2.17. The monoisotopic (exact) mass is 356 g/mol. The molecule has 0 aromatic carbocycles. The Morgan fingerprint density at radius 3 is 1.48 bits per heavy atom. The van der Waals surface area contributed by atoms with E-state index in [1.165, 1.54) is 77.0 Å². The molecule has 2 atom stereocenters. The first kappa shape index (κ1) is 21.1. The Hall–Kier alpha value is -0.160. The van der Waals surface area contributed by atoms with Crippen molar-refractivity contribution in [3.63, 3.8) is 0 Å². The van der Waals surface area contributed by atoms with Crippen LogP contribution in [0.25, 0.3) is 0 Å². The first-order valence-corrected chi connectivity index (χ1v) is 10.8. The third kappa shape index (κ3) is 12.8.